The summed E-state index contributed by atoms with van der Waals surface area (Å²) in [5.41, 5.74) is 3.91. The Bertz CT molecular complexity index is 697. The van der Waals surface area contributed by atoms with E-state index >= 15 is 0 Å². The van der Waals surface area contributed by atoms with Gasteiger partial charge in [0.2, 0.25) is 0 Å². The van der Waals surface area contributed by atoms with Crippen LogP contribution in [0.3, 0.4) is 0 Å². The van der Waals surface area contributed by atoms with E-state index in [0.717, 1.165) is 5.56 Å². The number of hydrogen-bond donors (Lipinski definition) is 3. The molecule has 0 saturated heterocycles. The lowest BCUT2D eigenvalue weighted by atomic mass is 10.1. The molecular formula is C19H27N3O6. The minimum Gasteiger partial charge on any atom is -0.461 e. The van der Waals surface area contributed by atoms with Gasteiger partial charge in [0.15, 0.2) is 0 Å². The van der Waals surface area contributed by atoms with Gasteiger partial charge in [0.25, 0.3) is 0 Å². The minimum absolute atomic E-state index is 0.144. The zero-order valence-corrected chi connectivity index (χ0v) is 16.7. The van der Waals surface area contributed by atoms with Crippen molar-refractivity contribution < 1.29 is 28.7 Å². The van der Waals surface area contributed by atoms with Crippen LogP contribution in [0.15, 0.2) is 30.3 Å². The Morgan fingerprint density at radius 2 is 1.57 bits per heavy atom. The van der Waals surface area contributed by atoms with E-state index in [4.69, 9.17) is 9.47 Å². The molecule has 3 N–H and O–H groups in total. The third kappa shape index (κ3) is 9.02. The molecule has 0 aromatic heterocycles. The molecule has 9 nitrogen and oxygen atoms in total. The molecule has 0 radical (unpaired) electrons. The van der Waals surface area contributed by atoms with Crippen LogP contribution < -0.4 is 16.2 Å². The van der Waals surface area contributed by atoms with Gasteiger partial charge < -0.3 is 14.8 Å². The van der Waals surface area contributed by atoms with Crippen LogP contribution in [0.1, 0.15) is 40.2 Å². The molecule has 0 aliphatic carbocycles. The Morgan fingerprint density at radius 1 is 0.964 bits per heavy atom. The third-order valence-corrected chi connectivity index (χ3v) is 3.11. The predicted octanol–water partition coefficient (Wildman–Crippen LogP) is 1.22. The fourth-order valence-corrected chi connectivity index (χ4v) is 2.05. The van der Waals surface area contributed by atoms with Crippen LogP contribution >= 0.6 is 0 Å². The van der Waals surface area contributed by atoms with E-state index in [2.05, 4.69) is 5.32 Å². The number of hydrazine groups is 1. The lowest BCUT2D eigenvalue weighted by Gasteiger charge is -2.20. The SMILES string of the molecule is CC(C)OC(=O)[C@@H](Cc1ccccc1)NC(=O)C(=O)NNC(=O)OC(C)(C)C. The van der Waals surface area contributed by atoms with Crippen molar-refractivity contribution in [2.24, 2.45) is 0 Å². The van der Waals surface area contributed by atoms with Crippen LogP contribution in [-0.2, 0) is 30.3 Å². The summed E-state index contributed by atoms with van der Waals surface area (Å²) in [5.74, 6) is -2.92. The molecular weight excluding hydrogens is 366 g/mol. The summed E-state index contributed by atoms with van der Waals surface area (Å²) in [4.78, 5) is 47.8. The van der Waals surface area contributed by atoms with Crippen molar-refractivity contribution in [2.75, 3.05) is 0 Å². The van der Waals surface area contributed by atoms with Crippen LogP contribution in [0.4, 0.5) is 4.79 Å². The Hall–Kier alpha value is -3.10. The highest BCUT2D eigenvalue weighted by atomic mass is 16.6. The third-order valence-electron chi connectivity index (χ3n) is 3.11. The zero-order chi connectivity index (χ0) is 21.3. The van der Waals surface area contributed by atoms with Crippen LogP contribution in [0.5, 0.6) is 0 Å². The molecule has 1 rings (SSSR count). The summed E-state index contributed by atoms with van der Waals surface area (Å²) in [6.45, 7) is 8.30. The number of amides is 3. The summed E-state index contributed by atoms with van der Waals surface area (Å²) in [6, 6.07) is 7.90. The lowest BCUT2D eigenvalue weighted by Crippen LogP contribution is -2.53. The van der Waals surface area contributed by atoms with Gasteiger partial charge in [0.05, 0.1) is 6.10 Å². The molecule has 3 amide bonds. The van der Waals surface area contributed by atoms with Crippen molar-refractivity contribution in [2.45, 2.75) is 58.8 Å². The number of carbonyl (C=O) groups is 4. The fraction of sp³-hybridized carbons (Fsp3) is 0.474. The number of esters is 1. The normalized spacial score (nSPS) is 11.9. The van der Waals surface area contributed by atoms with E-state index in [0.29, 0.717) is 0 Å². The number of carbonyl (C=O) groups excluding carboxylic acids is 4. The van der Waals surface area contributed by atoms with Crippen molar-refractivity contribution in [3.63, 3.8) is 0 Å². The molecule has 28 heavy (non-hydrogen) atoms. The number of hydrogen-bond acceptors (Lipinski definition) is 6. The summed E-state index contributed by atoms with van der Waals surface area (Å²) >= 11 is 0. The molecule has 154 valence electrons. The number of rotatable bonds is 5. The average molecular weight is 393 g/mol. The molecule has 0 fully saturated rings. The maximum atomic E-state index is 12.3. The first kappa shape index (κ1) is 22.9. The molecule has 0 bridgehead atoms. The van der Waals surface area contributed by atoms with Gasteiger partial charge in [-0.15, -0.1) is 0 Å². The van der Waals surface area contributed by atoms with Crippen LogP contribution in [-0.4, -0.2) is 41.6 Å². The van der Waals surface area contributed by atoms with Crippen molar-refractivity contribution in [1.82, 2.24) is 16.2 Å². The van der Waals surface area contributed by atoms with E-state index in [1.54, 1.807) is 58.9 Å². The fourth-order valence-electron chi connectivity index (χ4n) is 2.05. The van der Waals surface area contributed by atoms with Gasteiger partial charge in [-0.2, -0.15) is 0 Å². The van der Waals surface area contributed by atoms with Gasteiger partial charge in [0.1, 0.15) is 11.6 Å². The topological polar surface area (TPSA) is 123 Å². The molecule has 1 aromatic carbocycles. The molecule has 0 aliphatic heterocycles. The second-order valence-electron chi connectivity index (χ2n) is 7.28. The minimum atomic E-state index is -1.15. The van der Waals surface area contributed by atoms with E-state index in [1.165, 1.54) is 0 Å². The van der Waals surface area contributed by atoms with Crippen molar-refractivity contribution in [3.8, 4) is 0 Å². The average Bonchev–Trinajstić information content (AvgIpc) is 2.57. The molecule has 1 aromatic rings. The highest BCUT2D eigenvalue weighted by Crippen LogP contribution is 2.07. The number of benzene rings is 1. The monoisotopic (exact) mass is 393 g/mol. The van der Waals surface area contributed by atoms with Gasteiger partial charge >= 0.3 is 23.9 Å². The Kier molecular flexibility index (Phi) is 8.43. The van der Waals surface area contributed by atoms with Crippen LogP contribution in [0.25, 0.3) is 0 Å². The second kappa shape index (κ2) is 10.3. The molecule has 0 heterocycles. The van der Waals surface area contributed by atoms with Crippen LogP contribution in [0, 0.1) is 0 Å². The lowest BCUT2D eigenvalue weighted by molar-refractivity contribution is -0.152. The second-order valence-corrected chi connectivity index (χ2v) is 7.28. The molecule has 0 spiro atoms. The van der Waals surface area contributed by atoms with E-state index in [-0.39, 0.29) is 12.5 Å². The van der Waals surface area contributed by atoms with Crippen LogP contribution in [0.2, 0.25) is 0 Å². The molecule has 1 atom stereocenters. The van der Waals surface area contributed by atoms with E-state index in [1.807, 2.05) is 16.9 Å². The van der Waals surface area contributed by atoms with Gasteiger partial charge in [-0.25, -0.2) is 15.0 Å². The molecule has 0 aliphatic rings. The van der Waals surface area contributed by atoms with E-state index in [9.17, 15) is 19.2 Å². The quantitative estimate of drug-likeness (QED) is 0.393. The zero-order valence-electron chi connectivity index (χ0n) is 16.7. The van der Waals surface area contributed by atoms with Gasteiger partial charge in [-0.05, 0) is 40.2 Å². The summed E-state index contributed by atoms with van der Waals surface area (Å²) in [7, 11) is 0. The highest BCUT2D eigenvalue weighted by Gasteiger charge is 2.27. The number of nitrogens with one attached hydrogen (secondary N) is 3. The number of ether oxygens (including phenoxy) is 2. The van der Waals surface area contributed by atoms with Gasteiger partial charge in [-0.1, -0.05) is 30.3 Å². The molecule has 0 unspecified atom stereocenters. The smallest absolute Gasteiger partial charge is 0.426 e. The van der Waals surface area contributed by atoms with E-state index < -0.39 is 35.5 Å². The molecule has 9 heteroatoms. The summed E-state index contributed by atoms with van der Waals surface area (Å²) < 4.78 is 10.1. The molecule has 0 saturated carbocycles. The maximum absolute atomic E-state index is 12.3. The van der Waals surface area contributed by atoms with Crippen molar-refractivity contribution in [1.29, 1.82) is 0 Å². The highest BCUT2D eigenvalue weighted by molar-refractivity contribution is 6.35. The van der Waals surface area contributed by atoms with Crippen molar-refractivity contribution >= 4 is 23.9 Å². The maximum Gasteiger partial charge on any atom is 0.426 e. The largest absolute Gasteiger partial charge is 0.461 e. The predicted molar refractivity (Wildman–Crippen MR) is 101 cm³/mol. The van der Waals surface area contributed by atoms with Crippen molar-refractivity contribution in [3.05, 3.63) is 35.9 Å². The first-order valence-corrected chi connectivity index (χ1v) is 8.82. The summed E-state index contributed by atoms with van der Waals surface area (Å²) in [5, 5.41) is 2.32. The Balaban J connectivity index is 2.70. The first-order chi connectivity index (χ1) is 13.0. The Labute approximate surface area is 164 Å². The van der Waals surface area contributed by atoms with Gasteiger partial charge in [0, 0.05) is 6.42 Å². The van der Waals surface area contributed by atoms with Gasteiger partial charge in [-0.3, -0.25) is 15.0 Å². The Morgan fingerprint density at radius 3 is 2.11 bits per heavy atom. The summed E-state index contributed by atoms with van der Waals surface area (Å²) in [6.07, 6.45) is -1.16. The first-order valence-electron chi connectivity index (χ1n) is 8.82. The standard InChI is InChI=1S/C19H27N3O6/c1-12(2)27-17(25)14(11-13-9-7-6-8-10-13)20-15(23)16(24)21-22-18(26)28-19(3,4)5/h6-10,12,14H,11H2,1-5H3,(H,20,23)(H,21,24)(H,22,26)/t14-/m1/s1.